The number of benzene rings is 4. The molecule has 0 saturated heterocycles. The molecule has 0 spiro atoms. The van der Waals surface area contributed by atoms with Crippen LogP contribution in [0.1, 0.15) is 44.1 Å². The summed E-state index contributed by atoms with van der Waals surface area (Å²) in [5.74, 6) is 2.84. The molecule has 1 aromatic heterocycles. The first-order valence-corrected chi connectivity index (χ1v) is 19.1. The molecular weight excluding hydrogens is 522 g/mol. The molecule has 4 fully saturated rings. The van der Waals surface area contributed by atoms with Gasteiger partial charge in [0.25, 0.3) is 0 Å². The second-order valence-electron chi connectivity index (χ2n) is 14.3. The lowest BCUT2D eigenvalue weighted by Gasteiger charge is -2.57. The van der Waals surface area contributed by atoms with Gasteiger partial charge in [-0.15, -0.1) is 0 Å². The summed E-state index contributed by atoms with van der Waals surface area (Å²) < 4.78 is 2.43. The molecule has 0 atom stereocenters. The van der Waals surface area contributed by atoms with Crippen LogP contribution in [0.4, 0.5) is 0 Å². The van der Waals surface area contributed by atoms with E-state index in [9.17, 15) is 0 Å². The number of hydrogen-bond donors (Lipinski definition) is 0. The van der Waals surface area contributed by atoms with E-state index in [1.165, 1.54) is 82.3 Å². The van der Waals surface area contributed by atoms with Gasteiger partial charge < -0.3 is 4.57 Å². The molecule has 1 nitrogen and oxygen atoms in total. The summed E-state index contributed by atoms with van der Waals surface area (Å²) >= 11 is 6.59. The van der Waals surface area contributed by atoms with E-state index in [4.69, 9.17) is 11.6 Å². The van der Waals surface area contributed by atoms with Crippen molar-refractivity contribution >= 4 is 46.7 Å². The summed E-state index contributed by atoms with van der Waals surface area (Å²) in [5, 5.41) is 4.92. The number of hydrogen-bond acceptors (Lipinski definition) is 0. The Morgan fingerprint density at radius 2 is 1.18 bits per heavy atom. The summed E-state index contributed by atoms with van der Waals surface area (Å²) in [6.45, 7) is 7.21. The van der Waals surface area contributed by atoms with Crippen LogP contribution in [-0.2, 0) is 5.41 Å². The van der Waals surface area contributed by atoms with Crippen molar-refractivity contribution in [1.29, 1.82) is 0 Å². The average Bonchev–Trinajstić information content (AvgIpc) is 3.25. The van der Waals surface area contributed by atoms with Gasteiger partial charge in [0.15, 0.2) is 0 Å². The van der Waals surface area contributed by atoms with Gasteiger partial charge in [-0.1, -0.05) is 78.9 Å². The zero-order valence-electron chi connectivity index (χ0n) is 23.9. The van der Waals surface area contributed by atoms with Crippen LogP contribution in [0.5, 0.6) is 0 Å². The first-order chi connectivity index (χ1) is 19.3. The third-order valence-electron chi connectivity index (χ3n) is 10.6. The molecule has 0 N–H and O–H groups in total. The van der Waals surface area contributed by atoms with E-state index in [0.717, 1.165) is 22.8 Å². The quantitative estimate of drug-likeness (QED) is 0.193. The SMILES string of the molecule is C[Si](C)(C)c1ccc(-c2ccc(-n3c4ccc(Cl)cc4c4cc(C56CC7CC(CC(C7)C5)C6)ccc43)cc2)cc1. The van der Waals surface area contributed by atoms with Crippen LogP contribution in [0.2, 0.25) is 24.7 Å². The fraction of sp³-hybridized carbons (Fsp3) is 0.351. The minimum absolute atomic E-state index is 0.391. The second-order valence-corrected chi connectivity index (χ2v) is 19.8. The molecule has 4 bridgehead atoms. The van der Waals surface area contributed by atoms with Gasteiger partial charge in [0.2, 0.25) is 0 Å². The largest absolute Gasteiger partial charge is 0.309 e. The lowest BCUT2D eigenvalue weighted by molar-refractivity contribution is -0.00512. The second kappa shape index (κ2) is 8.84. The molecule has 202 valence electrons. The van der Waals surface area contributed by atoms with Gasteiger partial charge in [0.1, 0.15) is 0 Å². The van der Waals surface area contributed by atoms with E-state index in [-0.39, 0.29) is 0 Å². The first-order valence-electron chi connectivity index (χ1n) is 15.2. The van der Waals surface area contributed by atoms with Crippen LogP contribution < -0.4 is 5.19 Å². The van der Waals surface area contributed by atoms with Gasteiger partial charge in [-0.3, -0.25) is 0 Å². The van der Waals surface area contributed by atoms with E-state index >= 15 is 0 Å². The van der Waals surface area contributed by atoms with Crippen molar-refractivity contribution in [3.05, 3.63) is 95.5 Å². The topological polar surface area (TPSA) is 4.93 Å². The van der Waals surface area contributed by atoms with Crippen molar-refractivity contribution in [2.75, 3.05) is 0 Å². The fourth-order valence-corrected chi connectivity index (χ4v) is 10.4. The smallest absolute Gasteiger partial charge is 0.0775 e. The molecule has 5 aromatic rings. The maximum absolute atomic E-state index is 6.59. The highest BCUT2D eigenvalue weighted by molar-refractivity contribution is 6.88. The normalized spacial score (nSPS) is 25.8. The highest BCUT2D eigenvalue weighted by Gasteiger charge is 2.51. The van der Waals surface area contributed by atoms with Gasteiger partial charge in [-0.2, -0.15) is 0 Å². The highest BCUT2D eigenvalue weighted by atomic mass is 35.5. The molecule has 4 aromatic carbocycles. The minimum Gasteiger partial charge on any atom is -0.309 e. The average molecular weight is 560 g/mol. The molecular formula is C37H38ClNSi. The van der Waals surface area contributed by atoms with E-state index in [2.05, 4.69) is 103 Å². The van der Waals surface area contributed by atoms with E-state index < -0.39 is 8.07 Å². The Kier molecular flexibility index (Phi) is 5.51. The molecule has 0 amide bonds. The third-order valence-corrected chi connectivity index (χ3v) is 12.9. The van der Waals surface area contributed by atoms with Crippen molar-refractivity contribution in [1.82, 2.24) is 4.57 Å². The fourth-order valence-electron chi connectivity index (χ4n) is 9.03. The molecule has 3 heteroatoms. The van der Waals surface area contributed by atoms with E-state index in [1.807, 2.05) is 6.07 Å². The summed E-state index contributed by atoms with van der Waals surface area (Å²) in [7, 11) is -1.30. The molecule has 40 heavy (non-hydrogen) atoms. The number of rotatable bonds is 4. The Labute approximate surface area is 244 Å². The standard InChI is InChI=1S/C37H38ClNSi/c1-40(2,3)32-12-6-28(7-13-32)27-4-10-31(11-5-27)39-35-14-8-29(19-33(35)34-20-30(38)9-15-36(34)39)37-21-24-16-25(22-37)18-26(17-24)23-37/h4-15,19-20,24-26H,16-18,21-23H2,1-3H3. The molecule has 0 aliphatic heterocycles. The highest BCUT2D eigenvalue weighted by Crippen LogP contribution is 2.61. The summed E-state index contributed by atoms with van der Waals surface area (Å²) in [6.07, 6.45) is 8.62. The van der Waals surface area contributed by atoms with Gasteiger partial charge in [0.05, 0.1) is 19.1 Å². The molecule has 1 heterocycles. The molecule has 4 saturated carbocycles. The maximum Gasteiger partial charge on any atom is 0.0775 e. The lowest BCUT2D eigenvalue weighted by atomic mass is 9.48. The summed E-state index contributed by atoms with van der Waals surface area (Å²) in [6, 6.07) is 32.2. The van der Waals surface area contributed by atoms with Crippen LogP contribution in [-0.4, -0.2) is 12.6 Å². The van der Waals surface area contributed by atoms with Gasteiger partial charge >= 0.3 is 0 Å². The minimum atomic E-state index is -1.30. The summed E-state index contributed by atoms with van der Waals surface area (Å²) in [5.41, 5.74) is 8.22. The van der Waals surface area contributed by atoms with Gasteiger partial charge in [0, 0.05) is 21.5 Å². The van der Waals surface area contributed by atoms with Crippen LogP contribution in [0.25, 0.3) is 38.6 Å². The van der Waals surface area contributed by atoms with Crippen molar-refractivity contribution in [3.63, 3.8) is 0 Å². The monoisotopic (exact) mass is 559 g/mol. The number of nitrogens with zero attached hydrogens (tertiary/aromatic N) is 1. The number of fused-ring (bicyclic) bond motifs is 3. The van der Waals surface area contributed by atoms with E-state index in [0.29, 0.717) is 5.41 Å². The van der Waals surface area contributed by atoms with Gasteiger partial charge in [-0.05, 0) is 121 Å². The number of halogens is 1. The third kappa shape index (κ3) is 3.94. The zero-order valence-corrected chi connectivity index (χ0v) is 25.6. The zero-order chi connectivity index (χ0) is 27.2. The van der Waals surface area contributed by atoms with Crippen molar-refractivity contribution in [2.24, 2.45) is 17.8 Å². The predicted octanol–water partition coefficient (Wildman–Crippen LogP) is 10.1. The van der Waals surface area contributed by atoms with Crippen LogP contribution in [0, 0.1) is 17.8 Å². The molecule has 4 aliphatic rings. The van der Waals surface area contributed by atoms with Crippen LogP contribution >= 0.6 is 11.6 Å². The Morgan fingerprint density at radius 1 is 0.650 bits per heavy atom. The van der Waals surface area contributed by atoms with Crippen LogP contribution in [0.3, 0.4) is 0 Å². The van der Waals surface area contributed by atoms with Crippen molar-refractivity contribution < 1.29 is 0 Å². The van der Waals surface area contributed by atoms with Crippen molar-refractivity contribution in [2.45, 2.75) is 63.6 Å². The number of aromatic nitrogens is 1. The van der Waals surface area contributed by atoms with E-state index in [1.54, 1.807) is 5.56 Å². The maximum atomic E-state index is 6.59. The summed E-state index contributed by atoms with van der Waals surface area (Å²) in [4.78, 5) is 0. The van der Waals surface area contributed by atoms with Crippen LogP contribution in [0.15, 0.2) is 84.9 Å². The molecule has 9 rings (SSSR count). The first kappa shape index (κ1) is 24.9. The molecule has 0 unspecified atom stereocenters. The van der Waals surface area contributed by atoms with Crippen molar-refractivity contribution in [3.8, 4) is 16.8 Å². The van der Waals surface area contributed by atoms with Gasteiger partial charge in [-0.25, -0.2) is 0 Å². The Hall–Kier alpha value is -2.81. The Morgan fingerprint density at radius 3 is 1.75 bits per heavy atom. The predicted molar refractivity (Wildman–Crippen MR) is 174 cm³/mol. The molecule has 0 radical (unpaired) electrons. The molecule has 4 aliphatic carbocycles. The Balaban J connectivity index is 1.22. The Bertz CT molecular complexity index is 1720. The lowest BCUT2D eigenvalue weighted by Crippen LogP contribution is -2.48.